The van der Waals surface area contributed by atoms with E-state index < -0.39 is 0 Å². The van der Waals surface area contributed by atoms with Gasteiger partial charge < -0.3 is 19.5 Å². The summed E-state index contributed by atoms with van der Waals surface area (Å²) in [7, 11) is 0. The van der Waals surface area contributed by atoms with Crippen molar-refractivity contribution >= 4 is 17.3 Å². The fraction of sp³-hybridized carbons (Fsp3) is 0.375. The first-order valence-corrected chi connectivity index (χ1v) is 7.32. The highest BCUT2D eigenvalue weighted by Crippen LogP contribution is 2.20. The van der Waals surface area contributed by atoms with Gasteiger partial charge in [0.25, 0.3) is 5.91 Å². The average Bonchev–Trinajstić information content (AvgIpc) is 2.88. The topological polar surface area (TPSA) is 67.6 Å². The molecule has 0 atom stereocenters. The van der Waals surface area contributed by atoms with Crippen LogP contribution >= 0.6 is 0 Å². The molecular formula is C16H19N3O3. The second kappa shape index (κ2) is 6.19. The van der Waals surface area contributed by atoms with Crippen molar-refractivity contribution in [3.8, 4) is 0 Å². The summed E-state index contributed by atoms with van der Waals surface area (Å²) in [5.74, 6) is 0.329. The van der Waals surface area contributed by atoms with Crippen molar-refractivity contribution in [2.75, 3.05) is 36.5 Å². The number of hydrogen-bond donors (Lipinski definition) is 1. The molecule has 1 aromatic heterocycles. The van der Waals surface area contributed by atoms with E-state index >= 15 is 0 Å². The molecular weight excluding hydrogens is 282 g/mol. The number of nitrogens with one attached hydrogen (secondary N) is 1. The molecule has 1 aliphatic rings. The minimum absolute atomic E-state index is 0.199. The Balaban J connectivity index is 1.69. The van der Waals surface area contributed by atoms with E-state index in [1.807, 2.05) is 24.3 Å². The van der Waals surface area contributed by atoms with Gasteiger partial charge in [0.2, 0.25) is 0 Å². The Hall–Kier alpha value is -2.34. The highest BCUT2D eigenvalue weighted by atomic mass is 16.5. The first-order chi connectivity index (χ1) is 10.6. The number of morpholine rings is 1. The number of anilines is 2. The molecule has 0 aliphatic carbocycles. The summed E-state index contributed by atoms with van der Waals surface area (Å²) in [6, 6.07) is 7.82. The first kappa shape index (κ1) is 14.6. The van der Waals surface area contributed by atoms with E-state index in [4.69, 9.17) is 9.26 Å². The number of ether oxygens (including phenoxy) is 1. The maximum atomic E-state index is 12.3. The highest BCUT2D eigenvalue weighted by molar-refractivity contribution is 6.05. The Morgan fingerprint density at radius 2 is 1.86 bits per heavy atom. The van der Waals surface area contributed by atoms with E-state index in [-0.39, 0.29) is 5.91 Å². The SMILES string of the molecule is Cc1noc(C)c1C(=O)Nc1ccc(N2CCOCC2)cc1. The van der Waals surface area contributed by atoms with Gasteiger partial charge in [0.15, 0.2) is 0 Å². The van der Waals surface area contributed by atoms with Crippen molar-refractivity contribution < 1.29 is 14.1 Å². The Labute approximate surface area is 129 Å². The molecule has 116 valence electrons. The fourth-order valence-corrected chi connectivity index (χ4v) is 2.58. The molecule has 2 heterocycles. The Morgan fingerprint density at radius 3 is 2.45 bits per heavy atom. The van der Waals surface area contributed by atoms with Gasteiger partial charge in [0.05, 0.1) is 18.9 Å². The van der Waals surface area contributed by atoms with Crippen molar-refractivity contribution in [1.82, 2.24) is 5.16 Å². The third-order valence-electron chi connectivity index (χ3n) is 3.76. The van der Waals surface area contributed by atoms with Gasteiger partial charge in [-0.25, -0.2) is 0 Å². The molecule has 0 bridgehead atoms. The van der Waals surface area contributed by atoms with E-state index in [1.54, 1.807) is 13.8 Å². The Kier molecular flexibility index (Phi) is 4.11. The number of carbonyl (C=O) groups excluding carboxylic acids is 1. The lowest BCUT2D eigenvalue weighted by atomic mass is 10.2. The van der Waals surface area contributed by atoms with Crippen molar-refractivity contribution in [2.45, 2.75) is 13.8 Å². The van der Waals surface area contributed by atoms with Crippen LogP contribution in [0.25, 0.3) is 0 Å². The largest absolute Gasteiger partial charge is 0.378 e. The summed E-state index contributed by atoms with van der Waals surface area (Å²) in [6.45, 7) is 6.79. The number of carbonyl (C=O) groups is 1. The van der Waals surface area contributed by atoms with Crippen LogP contribution in [0, 0.1) is 13.8 Å². The van der Waals surface area contributed by atoms with Gasteiger partial charge in [-0.05, 0) is 38.1 Å². The third kappa shape index (κ3) is 2.96. The molecule has 1 amide bonds. The lowest BCUT2D eigenvalue weighted by Gasteiger charge is -2.28. The predicted octanol–water partition coefficient (Wildman–Crippen LogP) is 2.38. The van der Waals surface area contributed by atoms with E-state index in [9.17, 15) is 4.79 Å². The summed E-state index contributed by atoms with van der Waals surface area (Å²) in [4.78, 5) is 14.5. The molecule has 2 aromatic rings. The molecule has 1 saturated heterocycles. The number of nitrogens with zero attached hydrogens (tertiary/aromatic N) is 2. The van der Waals surface area contributed by atoms with Gasteiger partial charge >= 0.3 is 0 Å². The fourth-order valence-electron chi connectivity index (χ4n) is 2.58. The molecule has 1 aromatic carbocycles. The monoisotopic (exact) mass is 301 g/mol. The Morgan fingerprint density at radius 1 is 1.18 bits per heavy atom. The number of benzene rings is 1. The lowest BCUT2D eigenvalue weighted by molar-refractivity contribution is 0.102. The van der Waals surface area contributed by atoms with Gasteiger partial charge in [-0.2, -0.15) is 0 Å². The molecule has 6 nitrogen and oxygen atoms in total. The molecule has 0 radical (unpaired) electrons. The van der Waals surface area contributed by atoms with Crippen LogP contribution < -0.4 is 10.2 Å². The van der Waals surface area contributed by atoms with E-state index in [0.29, 0.717) is 17.0 Å². The molecule has 1 N–H and O–H groups in total. The summed E-state index contributed by atoms with van der Waals surface area (Å²) < 4.78 is 10.4. The number of aryl methyl sites for hydroxylation is 2. The number of hydrogen-bond acceptors (Lipinski definition) is 5. The zero-order chi connectivity index (χ0) is 15.5. The second-order valence-electron chi connectivity index (χ2n) is 5.30. The van der Waals surface area contributed by atoms with Crippen LogP contribution in [0.2, 0.25) is 0 Å². The quantitative estimate of drug-likeness (QED) is 0.942. The summed E-state index contributed by atoms with van der Waals surface area (Å²) in [5, 5.41) is 6.67. The van der Waals surface area contributed by atoms with Crippen molar-refractivity contribution in [2.24, 2.45) is 0 Å². The smallest absolute Gasteiger partial charge is 0.261 e. The molecule has 0 spiro atoms. The van der Waals surface area contributed by atoms with Gasteiger partial charge in [-0.3, -0.25) is 4.79 Å². The van der Waals surface area contributed by atoms with E-state index in [2.05, 4.69) is 15.4 Å². The maximum absolute atomic E-state index is 12.3. The summed E-state index contributed by atoms with van der Waals surface area (Å²) in [5.41, 5.74) is 2.98. The average molecular weight is 301 g/mol. The van der Waals surface area contributed by atoms with Crippen molar-refractivity contribution in [1.29, 1.82) is 0 Å². The summed E-state index contributed by atoms with van der Waals surface area (Å²) >= 11 is 0. The van der Waals surface area contributed by atoms with E-state index in [1.165, 1.54) is 0 Å². The summed E-state index contributed by atoms with van der Waals surface area (Å²) in [6.07, 6.45) is 0. The Bertz CT molecular complexity index is 638. The number of amides is 1. The zero-order valence-corrected chi connectivity index (χ0v) is 12.8. The van der Waals surface area contributed by atoms with Crippen LogP contribution in [-0.2, 0) is 4.74 Å². The third-order valence-corrected chi connectivity index (χ3v) is 3.76. The van der Waals surface area contributed by atoms with Crippen LogP contribution in [0.3, 0.4) is 0 Å². The van der Waals surface area contributed by atoms with Crippen LogP contribution in [0.4, 0.5) is 11.4 Å². The molecule has 1 aliphatic heterocycles. The zero-order valence-electron chi connectivity index (χ0n) is 12.8. The molecule has 6 heteroatoms. The second-order valence-corrected chi connectivity index (χ2v) is 5.30. The highest BCUT2D eigenvalue weighted by Gasteiger charge is 2.17. The predicted molar refractivity (Wildman–Crippen MR) is 83.4 cm³/mol. The van der Waals surface area contributed by atoms with Crippen LogP contribution in [0.5, 0.6) is 0 Å². The molecule has 1 fully saturated rings. The van der Waals surface area contributed by atoms with Gasteiger partial charge in [0, 0.05) is 24.5 Å². The van der Waals surface area contributed by atoms with Crippen LogP contribution in [-0.4, -0.2) is 37.4 Å². The van der Waals surface area contributed by atoms with Crippen LogP contribution in [0.15, 0.2) is 28.8 Å². The normalized spacial score (nSPS) is 14.9. The molecule has 0 unspecified atom stereocenters. The number of aromatic nitrogens is 1. The van der Waals surface area contributed by atoms with Crippen molar-refractivity contribution in [3.05, 3.63) is 41.3 Å². The van der Waals surface area contributed by atoms with Crippen molar-refractivity contribution in [3.63, 3.8) is 0 Å². The lowest BCUT2D eigenvalue weighted by Crippen LogP contribution is -2.36. The maximum Gasteiger partial charge on any atom is 0.261 e. The minimum atomic E-state index is -0.199. The van der Waals surface area contributed by atoms with Gasteiger partial charge in [0.1, 0.15) is 11.3 Å². The van der Waals surface area contributed by atoms with Crippen LogP contribution in [0.1, 0.15) is 21.8 Å². The van der Waals surface area contributed by atoms with Gasteiger partial charge in [-0.15, -0.1) is 0 Å². The van der Waals surface area contributed by atoms with E-state index in [0.717, 1.165) is 37.7 Å². The molecule has 22 heavy (non-hydrogen) atoms. The molecule has 3 rings (SSSR count). The van der Waals surface area contributed by atoms with Gasteiger partial charge in [-0.1, -0.05) is 5.16 Å². The minimum Gasteiger partial charge on any atom is -0.378 e. The first-order valence-electron chi connectivity index (χ1n) is 7.32. The molecule has 0 saturated carbocycles. The number of rotatable bonds is 3. The standard InChI is InChI=1S/C16H19N3O3/c1-11-15(12(2)22-18-11)16(20)17-13-3-5-14(6-4-13)19-7-9-21-10-8-19/h3-6H,7-10H2,1-2H3,(H,17,20).